The lowest BCUT2D eigenvalue weighted by atomic mass is 9.56. The number of hydrogen-bond acceptors (Lipinski definition) is 5. The minimum atomic E-state index is -5.33. The van der Waals surface area contributed by atoms with E-state index in [9.17, 15) is 26.4 Å². The van der Waals surface area contributed by atoms with E-state index in [1.54, 1.807) is 0 Å². The Labute approximate surface area is 182 Å². The highest BCUT2D eigenvalue weighted by Gasteiger charge is 2.55. The molecule has 3 aliphatic rings. The molecule has 172 valence electrons. The predicted molar refractivity (Wildman–Crippen MR) is 106 cm³/mol. The van der Waals surface area contributed by atoms with Crippen LogP contribution < -0.4 is 0 Å². The van der Waals surface area contributed by atoms with Gasteiger partial charge in [-0.2, -0.15) is 13.2 Å². The fraction of sp³-hybridized carbons (Fsp3) is 0.550. The summed E-state index contributed by atoms with van der Waals surface area (Å²) < 4.78 is 61.1. The van der Waals surface area contributed by atoms with Gasteiger partial charge in [-0.05, 0) is 42.9 Å². The molecule has 8 nitrogen and oxygen atoms in total. The van der Waals surface area contributed by atoms with E-state index in [1.165, 1.54) is 18.5 Å². The number of urea groups is 1. The molecule has 1 atom stereocenters. The van der Waals surface area contributed by atoms with Crippen molar-refractivity contribution >= 4 is 15.9 Å². The number of nitrogens with zero attached hydrogens (tertiary/aromatic N) is 4. The summed E-state index contributed by atoms with van der Waals surface area (Å²) >= 11 is 0. The van der Waals surface area contributed by atoms with Gasteiger partial charge in [0.1, 0.15) is 12.2 Å². The van der Waals surface area contributed by atoms with Crippen LogP contribution in [-0.4, -0.2) is 71.1 Å². The Kier molecular flexibility index (Phi) is 4.77. The van der Waals surface area contributed by atoms with E-state index < -0.39 is 20.2 Å². The Morgan fingerprint density at radius 1 is 1.09 bits per heavy atom. The smallest absolute Gasteiger partial charge is 0.331 e. The predicted octanol–water partition coefficient (Wildman–Crippen LogP) is 2.89. The molecular weight excluding hydrogens is 447 g/mol. The molecule has 2 saturated heterocycles. The van der Waals surface area contributed by atoms with Gasteiger partial charge < -0.3 is 14.8 Å². The number of amides is 2. The third-order valence-electron chi connectivity index (χ3n) is 6.93. The van der Waals surface area contributed by atoms with Gasteiger partial charge in [-0.3, -0.25) is 0 Å². The summed E-state index contributed by atoms with van der Waals surface area (Å²) in [7, 11) is -5.33. The van der Waals surface area contributed by atoms with Crippen LogP contribution in [0.15, 0.2) is 35.5 Å². The zero-order chi connectivity index (χ0) is 22.7. The molecule has 1 aliphatic carbocycles. The normalized spacial score (nSPS) is 23.3. The molecule has 1 aromatic carbocycles. The first-order valence-corrected chi connectivity index (χ1v) is 11.9. The molecule has 1 spiro atoms. The fourth-order valence-corrected chi connectivity index (χ4v) is 5.96. The number of likely N-dealkylation sites (tertiary alicyclic amines) is 2. The quantitative estimate of drug-likeness (QED) is 0.745. The van der Waals surface area contributed by atoms with Gasteiger partial charge in [-0.15, -0.1) is 10.2 Å². The minimum Gasteiger partial charge on any atom is -0.331 e. The molecule has 12 heteroatoms. The second kappa shape index (κ2) is 7.19. The van der Waals surface area contributed by atoms with Crippen LogP contribution in [0, 0.1) is 5.41 Å². The summed E-state index contributed by atoms with van der Waals surface area (Å²) in [5.74, 6) is 1.14. The molecule has 0 radical (unpaired) electrons. The molecule has 3 heterocycles. The molecule has 5 rings (SSSR count). The van der Waals surface area contributed by atoms with E-state index in [-0.39, 0.29) is 23.3 Å². The third kappa shape index (κ3) is 3.44. The lowest BCUT2D eigenvalue weighted by molar-refractivity contribution is -0.0535. The average molecular weight is 469 g/mol. The number of aromatic nitrogens is 3. The first kappa shape index (κ1) is 21.2. The molecule has 2 aliphatic heterocycles. The van der Waals surface area contributed by atoms with Crippen molar-refractivity contribution < 1.29 is 26.4 Å². The van der Waals surface area contributed by atoms with Crippen molar-refractivity contribution in [1.82, 2.24) is 25.0 Å². The van der Waals surface area contributed by atoms with Crippen molar-refractivity contribution in [1.29, 1.82) is 0 Å². The summed E-state index contributed by atoms with van der Waals surface area (Å²) in [6.45, 7) is 2.65. The third-order valence-corrected chi connectivity index (χ3v) is 8.43. The van der Waals surface area contributed by atoms with Crippen LogP contribution >= 0.6 is 0 Å². The SMILES string of the molecule is O=C(N1CC[C@H](c2nnc[nH]2)C1)N1CC2(CC(c3ccc(S(=O)(=O)C(F)(F)F)cc3)C2)C1. The van der Waals surface area contributed by atoms with Crippen LogP contribution in [0.2, 0.25) is 0 Å². The summed E-state index contributed by atoms with van der Waals surface area (Å²) in [4.78, 5) is 18.7. The van der Waals surface area contributed by atoms with Crippen molar-refractivity contribution in [3.8, 4) is 0 Å². The number of benzene rings is 1. The van der Waals surface area contributed by atoms with Crippen LogP contribution in [0.5, 0.6) is 0 Å². The maximum Gasteiger partial charge on any atom is 0.501 e. The topological polar surface area (TPSA) is 99.3 Å². The van der Waals surface area contributed by atoms with Crippen molar-refractivity contribution in [2.75, 3.05) is 26.2 Å². The highest BCUT2D eigenvalue weighted by Crippen LogP contribution is 2.56. The first-order valence-electron chi connectivity index (χ1n) is 10.4. The van der Waals surface area contributed by atoms with E-state index in [4.69, 9.17) is 0 Å². The number of carbonyl (C=O) groups excluding carboxylic acids is 1. The van der Waals surface area contributed by atoms with E-state index in [0.717, 1.165) is 42.8 Å². The number of aromatic amines is 1. The molecule has 32 heavy (non-hydrogen) atoms. The van der Waals surface area contributed by atoms with Gasteiger partial charge in [-0.1, -0.05) is 12.1 Å². The van der Waals surface area contributed by atoms with Gasteiger partial charge in [0.25, 0.3) is 9.84 Å². The number of nitrogens with one attached hydrogen (secondary N) is 1. The number of H-pyrrole nitrogens is 1. The second-order valence-corrected chi connectivity index (χ2v) is 11.0. The van der Waals surface area contributed by atoms with Crippen molar-refractivity contribution in [3.63, 3.8) is 0 Å². The standard InChI is InChI=1S/C20H22F3N5O3S/c21-20(22,23)32(30,31)16-3-1-13(2-4-16)15-7-19(8-15)10-28(11-19)18(29)27-6-5-14(9-27)17-24-12-25-26-17/h1-4,12,14-15H,5-11H2,(H,24,25,26)/t14-/m0/s1. The number of rotatable bonds is 3. The molecule has 1 aromatic heterocycles. The van der Waals surface area contributed by atoms with Crippen LogP contribution in [0.4, 0.5) is 18.0 Å². The van der Waals surface area contributed by atoms with Gasteiger partial charge in [0.05, 0.1) is 4.90 Å². The first-order chi connectivity index (χ1) is 15.1. The Morgan fingerprint density at radius 2 is 1.78 bits per heavy atom. The van der Waals surface area contributed by atoms with Crippen LogP contribution in [-0.2, 0) is 9.84 Å². The molecule has 3 fully saturated rings. The molecule has 1 saturated carbocycles. The lowest BCUT2D eigenvalue weighted by Gasteiger charge is -2.59. The minimum absolute atomic E-state index is 0.0304. The van der Waals surface area contributed by atoms with Gasteiger partial charge in [0, 0.05) is 37.5 Å². The monoisotopic (exact) mass is 469 g/mol. The summed E-state index contributed by atoms with van der Waals surface area (Å²) in [6, 6.07) is 5.01. The van der Waals surface area contributed by atoms with Crippen LogP contribution in [0.3, 0.4) is 0 Å². The number of carbonyl (C=O) groups is 1. The second-order valence-electron chi connectivity index (χ2n) is 9.07. The summed E-state index contributed by atoms with van der Waals surface area (Å²) in [6.07, 6.45) is 4.06. The molecule has 2 aromatic rings. The van der Waals surface area contributed by atoms with Gasteiger partial charge in [0.2, 0.25) is 0 Å². The fourth-order valence-electron chi connectivity index (χ4n) is 5.20. The number of alkyl halides is 3. The molecular formula is C20H22F3N5O3S. The number of halogens is 3. The maximum absolute atomic E-state index is 12.8. The largest absolute Gasteiger partial charge is 0.501 e. The zero-order valence-electron chi connectivity index (χ0n) is 17.0. The Balaban J connectivity index is 1.13. The number of sulfone groups is 1. The van der Waals surface area contributed by atoms with Crippen molar-refractivity contribution in [3.05, 3.63) is 42.0 Å². The van der Waals surface area contributed by atoms with E-state index >= 15 is 0 Å². The van der Waals surface area contributed by atoms with E-state index in [2.05, 4.69) is 15.2 Å². The van der Waals surface area contributed by atoms with E-state index in [0.29, 0.717) is 26.2 Å². The maximum atomic E-state index is 12.8. The summed E-state index contributed by atoms with van der Waals surface area (Å²) in [5.41, 5.74) is -4.42. The summed E-state index contributed by atoms with van der Waals surface area (Å²) in [5, 5.41) is 7.84. The average Bonchev–Trinajstić information content (AvgIpc) is 3.37. The Morgan fingerprint density at radius 3 is 2.38 bits per heavy atom. The molecule has 1 N–H and O–H groups in total. The van der Waals surface area contributed by atoms with Gasteiger partial charge >= 0.3 is 11.5 Å². The van der Waals surface area contributed by atoms with Crippen molar-refractivity contribution in [2.45, 2.75) is 41.5 Å². The molecule has 0 unspecified atom stereocenters. The highest BCUT2D eigenvalue weighted by atomic mass is 32.2. The van der Waals surface area contributed by atoms with Crippen LogP contribution in [0.1, 0.15) is 42.5 Å². The van der Waals surface area contributed by atoms with Gasteiger partial charge in [-0.25, -0.2) is 13.2 Å². The van der Waals surface area contributed by atoms with E-state index in [1.807, 2.05) is 9.80 Å². The Bertz CT molecular complexity index is 1100. The Hall–Kier alpha value is -2.63. The van der Waals surface area contributed by atoms with Crippen molar-refractivity contribution in [2.24, 2.45) is 5.41 Å². The number of hydrogen-bond donors (Lipinski definition) is 1. The van der Waals surface area contributed by atoms with Gasteiger partial charge in [0.15, 0.2) is 0 Å². The highest BCUT2D eigenvalue weighted by molar-refractivity contribution is 7.92. The molecule has 2 amide bonds. The molecule has 0 bridgehead atoms. The zero-order valence-corrected chi connectivity index (χ0v) is 17.9. The van der Waals surface area contributed by atoms with Crippen LogP contribution in [0.25, 0.3) is 0 Å². The lowest BCUT2D eigenvalue weighted by Crippen LogP contribution is -2.65.